The molecule has 3 heterocycles. The fourth-order valence-corrected chi connectivity index (χ4v) is 3.39. The Morgan fingerprint density at radius 1 is 0.931 bits per heavy atom. The van der Waals surface area contributed by atoms with Crippen LogP contribution in [0.1, 0.15) is 21.7 Å². The lowest BCUT2D eigenvalue weighted by molar-refractivity contribution is 0.102. The molecule has 0 radical (unpaired) electrons. The van der Waals surface area contributed by atoms with Gasteiger partial charge in [-0.3, -0.25) is 4.79 Å². The van der Waals surface area contributed by atoms with Gasteiger partial charge in [-0.2, -0.15) is 0 Å². The van der Waals surface area contributed by atoms with Gasteiger partial charge in [0, 0.05) is 43.8 Å². The molecule has 7 nitrogen and oxygen atoms in total. The topological polar surface area (TPSA) is 74.2 Å². The third kappa shape index (κ3) is 4.34. The van der Waals surface area contributed by atoms with Gasteiger partial charge < -0.3 is 15.1 Å². The first-order chi connectivity index (χ1) is 14.1. The zero-order valence-electron chi connectivity index (χ0n) is 16.7. The molecule has 0 aliphatic carbocycles. The quantitative estimate of drug-likeness (QED) is 0.740. The van der Waals surface area contributed by atoms with E-state index in [1.165, 1.54) is 0 Å². The molecule has 3 aromatic rings. The Morgan fingerprint density at radius 3 is 2.38 bits per heavy atom. The number of aromatic nitrogens is 3. The molecule has 0 spiro atoms. The Hall–Kier alpha value is -3.48. The number of rotatable bonds is 4. The molecule has 0 bridgehead atoms. The highest BCUT2D eigenvalue weighted by Gasteiger charge is 2.21. The van der Waals surface area contributed by atoms with Crippen LogP contribution in [0.25, 0.3) is 0 Å². The van der Waals surface area contributed by atoms with Gasteiger partial charge in [0.2, 0.25) is 5.95 Å². The van der Waals surface area contributed by atoms with Crippen molar-refractivity contribution in [1.29, 1.82) is 0 Å². The lowest BCUT2D eigenvalue weighted by atomic mass is 10.2. The SMILES string of the molecule is Cc1cc(C(=O)Nc2ccccc2C)nc(N2CCN(c3ccccn3)CC2)n1. The molecule has 1 amide bonds. The van der Waals surface area contributed by atoms with E-state index in [0.717, 1.165) is 48.9 Å². The van der Waals surface area contributed by atoms with E-state index in [0.29, 0.717) is 11.6 Å². The smallest absolute Gasteiger partial charge is 0.274 e. The summed E-state index contributed by atoms with van der Waals surface area (Å²) in [6.45, 7) is 7.07. The second kappa shape index (κ2) is 8.26. The second-order valence-corrected chi connectivity index (χ2v) is 7.13. The summed E-state index contributed by atoms with van der Waals surface area (Å²) < 4.78 is 0. The van der Waals surface area contributed by atoms with Crippen LogP contribution in [0.5, 0.6) is 0 Å². The number of carbonyl (C=O) groups is 1. The van der Waals surface area contributed by atoms with Gasteiger partial charge in [0.25, 0.3) is 5.91 Å². The second-order valence-electron chi connectivity index (χ2n) is 7.13. The van der Waals surface area contributed by atoms with Gasteiger partial charge in [-0.1, -0.05) is 24.3 Å². The Morgan fingerprint density at radius 2 is 1.66 bits per heavy atom. The highest BCUT2D eigenvalue weighted by Crippen LogP contribution is 2.18. The number of hydrogen-bond acceptors (Lipinski definition) is 6. The minimum atomic E-state index is -0.224. The summed E-state index contributed by atoms with van der Waals surface area (Å²) in [6, 6.07) is 15.4. The normalized spacial score (nSPS) is 14.0. The van der Waals surface area contributed by atoms with E-state index in [9.17, 15) is 4.79 Å². The van der Waals surface area contributed by atoms with Crippen molar-refractivity contribution in [2.45, 2.75) is 13.8 Å². The van der Waals surface area contributed by atoms with Crippen molar-refractivity contribution in [3.63, 3.8) is 0 Å². The third-order valence-electron chi connectivity index (χ3n) is 5.00. The van der Waals surface area contributed by atoms with Crippen molar-refractivity contribution >= 4 is 23.4 Å². The van der Waals surface area contributed by atoms with E-state index in [1.807, 2.05) is 62.5 Å². The monoisotopic (exact) mass is 388 g/mol. The number of nitrogens with zero attached hydrogens (tertiary/aromatic N) is 5. The van der Waals surface area contributed by atoms with Crippen LogP contribution in [0.15, 0.2) is 54.7 Å². The van der Waals surface area contributed by atoms with Gasteiger partial charge >= 0.3 is 0 Å². The minimum absolute atomic E-state index is 0.224. The first kappa shape index (κ1) is 18.9. The van der Waals surface area contributed by atoms with E-state index in [1.54, 1.807) is 6.07 Å². The number of aryl methyl sites for hydroxylation is 2. The van der Waals surface area contributed by atoms with E-state index in [-0.39, 0.29) is 5.91 Å². The molecule has 1 aromatic carbocycles. The highest BCUT2D eigenvalue weighted by molar-refractivity contribution is 6.03. The molecule has 0 unspecified atom stereocenters. The molecule has 1 aliphatic rings. The summed E-state index contributed by atoms with van der Waals surface area (Å²) in [7, 11) is 0. The average molecular weight is 388 g/mol. The number of benzene rings is 1. The molecule has 0 saturated carbocycles. The van der Waals surface area contributed by atoms with Crippen LogP contribution in [-0.2, 0) is 0 Å². The summed E-state index contributed by atoms with van der Waals surface area (Å²) in [5.74, 6) is 1.36. The van der Waals surface area contributed by atoms with Gasteiger partial charge in [0.15, 0.2) is 0 Å². The molecule has 1 aliphatic heterocycles. The average Bonchev–Trinajstić information content (AvgIpc) is 2.75. The predicted octanol–water partition coefficient (Wildman–Crippen LogP) is 3.07. The number of pyridine rings is 1. The van der Waals surface area contributed by atoms with Gasteiger partial charge in [0.1, 0.15) is 11.5 Å². The van der Waals surface area contributed by atoms with Crippen molar-refractivity contribution in [2.75, 3.05) is 41.3 Å². The standard InChI is InChI=1S/C22H24N6O/c1-16-7-3-4-8-18(16)25-21(29)19-15-17(2)24-22(26-19)28-13-11-27(12-14-28)20-9-5-6-10-23-20/h3-10,15H,11-14H2,1-2H3,(H,25,29). The van der Waals surface area contributed by atoms with Crippen molar-refractivity contribution < 1.29 is 4.79 Å². The molecule has 2 aromatic heterocycles. The number of carbonyl (C=O) groups excluding carboxylic acids is 1. The van der Waals surface area contributed by atoms with Gasteiger partial charge in [-0.05, 0) is 43.7 Å². The molecule has 4 rings (SSSR count). The molecule has 0 atom stereocenters. The third-order valence-corrected chi connectivity index (χ3v) is 5.00. The van der Waals surface area contributed by atoms with Crippen LogP contribution in [-0.4, -0.2) is 47.0 Å². The van der Waals surface area contributed by atoms with Crippen molar-refractivity contribution in [2.24, 2.45) is 0 Å². The molecule has 1 N–H and O–H groups in total. The number of nitrogens with one attached hydrogen (secondary N) is 1. The summed E-state index contributed by atoms with van der Waals surface area (Å²) in [5.41, 5.74) is 2.96. The first-order valence-electron chi connectivity index (χ1n) is 9.74. The van der Waals surface area contributed by atoms with E-state index >= 15 is 0 Å². The number of para-hydroxylation sites is 1. The van der Waals surface area contributed by atoms with Gasteiger partial charge in [-0.15, -0.1) is 0 Å². The van der Waals surface area contributed by atoms with E-state index in [4.69, 9.17) is 0 Å². The van der Waals surface area contributed by atoms with Crippen LogP contribution in [0.2, 0.25) is 0 Å². The van der Waals surface area contributed by atoms with E-state index in [2.05, 4.69) is 30.1 Å². The summed E-state index contributed by atoms with van der Waals surface area (Å²) >= 11 is 0. The Kier molecular flexibility index (Phi) is 5.37. The molecule has 7 heteroatoms. The molecular formula is C22H24N6O. The fraction of sp³-hybridized carbons (Fsp3) is 0.273. The maximum atomic E-state index is 12.8. The maximum Gasteiger partial charge on any atom is 0.274 e. The molecule has 1 saturated heterocycles. The lowest BCUT2D eigenvalue weighted by Gasteiger charge is -2.35. The van der Waals surface area contributed by atoms with Gasteiger partial charge in [-0.25, -0.2) is 15.0 Å². The Bertz CT molecular complexity index is 999. The zero-order valence-corrected chi connectivity index (χ0v) is 16.7. The van der Waals surface area contributed by atoms with E-state index < -0.39 is 0 Å². The van der Waals surface area contributed by atoms with Crippen LogP contribution in [0, 0.1) is 13.8 Å². The predicted molar refractivity (Wildman–Crippen MR) is 115 cm³/mol. The zero-order chi connectivity index (χ0) is 20.2. The Balaban J connectivity index is 1.47. The first-order valence-corrected chi connectivity index (χ1v) is 9.74. The van der Waals surface area contributed by atoms with Crippen LogP contribution < -0.4 is 15.1 Å². The molecule has 148 valence electrons. The number of amides is 1. The Labute approximate surface area is 170 Å². The summed E-state index contributed by atoms with van der Waals surface area (Å²) in [6.07, 6.45) is 1.81. The number of piperazine rings is 1. The molecule has 29 heavy (non-hydrogen) atoms. The minimum Gasteiger partial charge on any atom is -0.353 e. The molecule has 1 fully saturated rings. The van der Waals surface area contributed by atoms with Gasteiger partial charge in [0.05, 0.1) is 0 Å². The number of anilines is 3. The van der Waals surface area contributed by atoms with Crippen molar-refractivity contribution in [3.05, 3.63) is 71.7 Å². The van der Waals surface area contributed by atoms with Crippen LogP contribution in [0.3, 0.4) is 0 Å². The fourth-order valence-electron chi connectivity index (χ4n) is 3.39. The molecular weight excluding hydrogens is 364 g/mol. The van der Waals surface area contributed by atoms with Crippen molar-refractivity contribution in [1.82, 2.24) is 15.0 Å². The van der Waals surface area contributed by atoms with Crippen LogP contribution in [0.4, 0.5) is 17.5 Å². The maximum absolute atomic E-state index is 12.8. The van der Waals surface area contributed by atoms with Crippen LogP contribution >= 0.6 is 0 Å². The number of hydrogen-bond donors (Lipinski definition) is 1. The summed E-state index contributed by atoms with van der Waals surface area (Å²) in [5, 5.41) is 2.95. The lowest BCUT2D eigenvalue weighted by Crippen LogP contribution is -2.47. The van der Waals surface area contributed by atoms with Crippen molar-refractivity contribution in [3.8, 4) is 0 Å². The summed E-state index contributed by atoms with van der Waals surface area (Å²) in [4.78, 5) is 30.7. The largest absolute Gasteiger partial charge is 0.353 e. The highest BCUT2D eigenvalue weighted by atomic mass is 16.1.